The molecule has 0 saturated carbocycles. The molecule has 0 aliphatic carbocycles. The quantitative estimate of drug-likeness (QED) is 0.585. The number of Topliss-reactive ketones (excluding diaryl/α,β-unsaturated/α-hetero) is 1. The number of anilines is 1. The second kappa shape index (κ2) is 7.80. The van der Waals surface area contributed by atoms with E-state index in [1.54, 1.807) is 0 Å². The minimum absolute atomic E-state index is 0.0577. The molecule has 1 unspecified atom stereocenters. The molecule has 3 aromatic carbocycles. The summed E-state index contributed by atoms with van der Waals surface area (Å²) in [6, 6.07) is 26.1. The molecule has 0 saturated heterocycles. The van der Waals surface area contributed by atoms with Crippen LogP contribution in [0.5, 0.6) is 0 Å². The zero-order chi connectivity index (χ0) is 17.6. The van der Waals surface area contributed by atoms with E-state index < -0.39 is 0 Å². The molecule has 0 aliphatic heterocycles. The van der Waals surface area contributed by atoms with E-state index in [4.69, 9.17) is 0 Å². The van der Waals surface area contributed by atoms with Crippen molar-refractivity contribution in [3.8, 4) is 0 Å². The van der Waals surface area contributed by atoms with Gasteiger partial charge in [0, 0.05) is 17.7 Å². The number of nitrogens with one attached hydrogen (secondary N) is 1. The van der Waals surface area contributed by atoms with Gasteiger partial charge in [0.05, 0.1) is 6.04 Å². The minimum Gasteiger partial charge on any atom is -0.378 e. The Hall–Kier alpha value is -2.87. The smallest absolute Gasteiger partial charge is 0.165 e. The Morgan fingerprint density at radius 1 is 0.800 bits per heavy atom. The van der Waals surface area contributed by atoms with E-state index in [1.807, 2.05) is 49.4 Å². The Balaban J connectivity index is 1.82. The first kappa shape index (κ1) is 17.0. The van der Waals surface area contributed by atoms with Crippen molar-refractivity contribution in [3.05, 3.63) is 101 Å². The van der Waals surface area contributed by atoms with Crippen LogP contribution in [-0.2, 0) is 0 Å². The lowest BCUT2D eigenvalue weighted by atomic mass is 9.97. The van der Waals surface area contributed by atoms with Gasteiger partial charge in [-0.2, -0.15) is 0 Å². The molecule has 126 valence electrons. The Bertz CT molecular complexity index is 820. The fourth-order valence-corrected chi connectivity index (χ4v) is 2.83. The van der Waals surface area contributed by atoms with Crippen LogP contribution in [0.3, 0.4) is 0 Å². The van der Waals surface area contributed by atoms with Crippen molar-refractivity contribution < 1.29 is 4.79 Å². The summed E-state index contributed by atoms with van der Waals surface area (Å²) in [6.07, 6.45) is 0.418. The zero-order valence-electron chi connectivity index (χ0n) is 14.7. The molecule has 0 spiro atoms. The van der Waals surface area contributed by atoms with Crippen molar-refractivity contribution >= 4 is 11.5 Å². The number of ketones is 1. The molecular formula is C23H23NO. The first-order valence-corrected chi connectivity index (χ1v) is 8.60. The molecule has 0 amide bonds. The van der Waals surface area contributed by atoms with Crippen LogP contribution in [0.1, 0.15) is 39.5 Å². The maximum Gasteiger partial charge on any atom is 0.165 e. The van der Waals surface area contributed by atoms with Crippen LogP contribution in [-0.4, -0.2) is 5.78 Å². The van der Waals surface area contributed by atoms with Crippen LogP contribution >= 0.6 is 0 Å². The van der Waals surface area contributed by atoms with Crippen LogP contribution in [0.15, 0.2) is 78.9 Å². The predicted octanol–water partition coefficient (Wildman–Crippen LogP) is 5.73. The standard InChI is InChI=1S/C23H23NO/c1-17-8-12-20(13-9-17)23(25)16-22(19-6-4-3-5-7-19)24-21-14-10-18(2)11-15-21/h3-15,22,24H,16H2,1-2H3. The summed E-state index contributed by atoms with van der Waals surface area (Å²) in [5, 5.41) is 3.51. The maximum absolute atomic E-state index is 12.7. The molecule has 0 aromatic heterocycles. The first-order valence-electron chi connectivity index (χ1n) is 8.60. The molecule has 1 atom stereocenters. The molecule has 0 heterocycles. The normalized spacial score (nSPS) is 11.8. The summed E-state index contributed by atoms with van der Waals surface area (Å²) < 4.78 is 0. The fraction of sp³-hybridized carbons (Fsp3) is 0.174. The Morgan fingerprint density at radius 2 is 1.36 bits per heavy atom. The number of hydrogen-bond acceptors (Lipinski definition) is 2. The van der Waals surface area contributed by atoms with E-state index in [-0.39, 0.29) is 11.8 Å². The van der Waals surface area contributed by atoms with Crippen LogP contribution in [0.4, 0.5) is 5.69 Å². The average molecular weight is 329 g/mol. The largest absolute Gasteiger partial charge is 0.378 e. The Labute approximate surface area is 149 Å². The van der Waals surface area contributed by atoms with E-state index >= 15 is 0 Å². The van der Waals surface area contributed by atoms with E-state index in [2.05, 4.69) is 48.6 Å². The number of carbonyl (C=O) groups excluding carboxylic acids is 1. The molecule has 3 rings (SSSR count). The molecule has 2 heteroatoms. The van der Waals surface area contributed by atoms with Crippen LogP contribution in [0.25, 0.3) is 0 Å². The predicted molar refractivity (Wildman–Crippen MR) is 104 cm³/mol. The van der Waals surface area contributed by atoms with Crippen molar-refractivity contribution in [1.29, 1.82) is 0 Å². The topological polar surface area (TPSA) is 29.1 Å². The van der Waals surface area contributed by atoms with Gasteiger partial charge in [-0.15, -0.1) is 0 Å². The van der Waals surface area contributed by atoms with Gasteiger partial charge in [-0.1, -0.05) is 77.9 Å². The summed E-state index contributed by atoms with van der Waals surface area (Å²) in [7, 11) is 0. The van der Waals surface area contributed by atoms with Gasteiger partial charge in [0.1, 0.15) is 0 Å². The zero-order valence-corrected chi connectivity index (χ0v) is 14.7. The summed E-state index contributed by atoms with van der Waals surface area (Å²) in [6.45, 7) is 4.10. The molecule has 0 bridgehead atoms. The summed E-state index contributed by atoms with van der Waals surface area (Å²) in [4.78, 5) is 12.7. The molecule has 0 radical (unpaired) electrons. The fourth-order valence-electron chi connectivity index (χ4n) is 2.83. The van der Waals surface area contributed by atoms with Gasteiger partial charge < -0.3 is 5.32 Å². The summed E-state index contributed by atoms with van der Waals surface area (Å²) in [5.74, 6) is 0.147. The van der Waals surface area contributed by atoms with Crippen LogP contribution in [0, 0.1) is 13.8 Å². The number of hydrogen-bond donors (Lipinski definition) is 1. The van der Waals surface area contributed by atoms with Gasteiger partial charge in [-0.25, -0.2) is 0 Å². The van der Waals surface area contributed by atoms with Crippen molar-refractivity contribution in [2.75, 3.05) is 5.32 Å². The van der Waals surface area contributed by atoms with Gasteiger partial charge in [-0.3, -0.25) is 4.79 Å². The molecule has 3 aromatic rings. The van der Waals surface area contributed by atoms with Crippen molar-refractivity contribution in [2.45, 2.75) is 26.3 Å². The highest BCUT2D eigenvalue weighted by molar-refractivity contribution is 5.96. The average Bonchev–Trinajstić information content (AvgIpc) is 2.64. The first-order chi connectivity index (χ1) is 12.1. The van der Waals surface area contributed by atoms with Crippen molar-refractivity contribution in [1.82, 2.24) is 0 Å². The number of benzene rings is 3. The SMILES string of the molecule is Cc1ccc(NC(CC(=O)c2ccc(C)cc2)c2ccccc2)cc1. The Kier molecular flexibility index (Phi) is 5.30. The maximum atomic E-state index is 12.7. The van der Waals surface area contributed by atoms with Crippen LogP contribution < -0.4 is 5.32 Å². The number of aryl methyl sites for hydroxylation is 2. The second-order valence-electron chi connectivity index (χ2n) is 6.47. The van der Waals surface area contributed by atoms with Gasteiger partial charge >= 0.3 is 0 Å². The number of carbonyl (C=O) groups is 1. The van der Waals surface area contributed by atoms with E-state index in [1.165, 1.54) is 5.56 Å². The van der Waals surface area contributed by atoms with E-state index in [0.717, 1.165) is 22.4 Å². The molecule has 0 aliphatic rings. The highest BCUT2D eigenvalue weighted by Crippen LogP contribution is 2.25. The third kappa shape index (κ3) is 4.57. The monoisotopic (exact) mass is 329 g/mol. The van der Waals surface area contributed by atoms with Crippen molar-refractivity contribution in [2.24, 2.45) is 0 Å². The van der Waals surface area contributed by atoms with E-state index in [9.17, 15) is 4.79 Å². The molecule has 25 heavy (non-hydrogen) atoms. The molecule has 0 fully saturated rings. The molecule has 2 nitrogen and oxygen atoms in total. The van der Waals surface area contributed by atoms with Gasteiger partial charge in [-0.05, 0) is 31.5 Å². The highest BCUT2D eigenvalue weighted by atomic mass is 16.1. The lowest BCUT2D eigenvalue weighted by Crippen LogP contribution is -2.15. The second-order valence-corrected chi connectivity index (χ2v) is 6.47. The molecule has 1 N–H and O–H groups in total. The van der Waals surface area contributed by atoms with Gasteiger partial charge in [0.2, 0.25) is 0 Å². The third-order valence-corrected chi connectivity index (χ3v) is 4.36. The van der Waals surface area contributed by atoms with Gasteiger partial charge in [0.15, 0.2) is 5.78 Å². The lowest BCUT2D eigenvalue weighted by Gasteiger charge is -2.20. The third-order valence-electron chi connectivity index (χ3n) is 4.36. The number of rotatable bonds is 6. The minimum atomic E-state index is -0.0577. The van der Waals surface area contributed by atoms with E-state index in [0.29, 0.717) is 6.42 Å². The Morgan fingerprint density at radius 3 is 1.96 bits per heavy atom. The summed E-state index contributed by atoms with van der Waals surface area (Å²) >= 11 is 0. The van der Waals surface area contributed by atoms with Crippen molar-refractivity contribution in [3.63, 3.8) is 0 Å². The molecular weight excluding hydrogens is 306 g/mol. The summed E-state index contributed by atoms with van der Waals surface area (Å²) in [5.41, 5.74) is 5.28. The van der Waals surface area contributed by atoms with Gasteiger partial charge in [0.25, 0.3) is 0 Å². The van der Waals surface area contributed by atoms with Crippen LogP contribution in [0.2, 0.25) is 0 Å². The lowest BCUT2D eigenvalue weighted by molar-refractivity contribution is 0.0976. The highest BCUT2D eigenvalue weighted by Gasteiger charge is 2.17.